The van der Waals surface area contributed by atoms with Gasteiger partial charge in [-0.05, 0) is 109 Å². The minimum absolute atomic E-state index is 0.0344. The van der Waals surface area contributed by atoms with Crippen molar-refractivity contribution in [1.29, 1.82) is 0 Å². The fourth-order valence-electron chi connectivity index (χ4n) is 11.0. The van der Waals surface area contributed by atoms with Gasteiger partial charge in [0.15, 0.2) is 0 Å². The normalized spacial score (nSPS) is 51.1. The maximum Gasteiger partial charge on any atom is 0.310 e. The van der Waals surface area contributed by atoms with E-state index < -0.39 is 11.4 Å². The van der Waals surface area contributed by atoms with Gasteiger partial charge >= 0.3 is 5.97 Å². The molecule has 1 N–H and O–H groups in total. The van der Waals surface area contributed by atoms with Crippen LogP contribution >= 0.6 is 0 Å². The Morgan fingerprint density at radius 1 is 0.912 bits per heavy atom. The van der Waals surface area contributed by atoms with Gasteiger partial charge in [0, 0.05) is 0 Å². The average Bonchev–Trinajstić information content (AvgIpc) is 2.72. The van der Waals surface area contributed by atoms with Crippen LogP contribution in [-0.4, -0.2) is 17.1 Å². The Bertz CT molecular complexity index is 935. The van der Waals surface area contributed by atoms with Crippen LogP contribution in [0.3, 0.4) is 0 Å². The zero-order valence-electron chi connectivity index (χ0n) is 22.7. The molecular weight excluding hydrogens is 422 g/mol. The molecule has 190 valence electrons. The third kappa shape index (κ3) is 2.98. The Kier molecular flexibility index (Phi) is 5.18. The van der Waals surface area contributed by atoms with Gasteiger partial charge in [0.2, 0.25) is 0 Å². The molecular formula is C30H47NO3. The highest BCUT2D eigenvalue weighted by molar-refractivity contribution is 5.76. The summed E-state index contributed by atoms with van der Waals surface area (Å²) in [5, 5.41) is 14.1. The minimum Gasteiger partial charge on any atom is -0.481 e. The molecule has 8 atom stereocenters. The second kappa shape index (κ2) is 7.19. The number of aliphatic carboxylic acids is 1. The molecule has 0 saturated heterocycles. The van der Waals surface area contributed by atoms with E-state index in [9.17, 15) is 14.8 Å². The van der Waals surface area contributed by atoms with Crippen LogP contribution in [0.25, 0.3) is 0 Å². The first-order valence-electron chi connectivity index (χ1n) is 13.9. The van der Waals surface area contributed by atoms with Crippen LogP contribution in [0.4, 0.5) is 0 Å². The van der Waals surface area contributed by atoms with E-state index in [0.29, 0.717) is 11.8 Å². The predicted molar refractivity (Wildman–Crippen MR) is 136 cm³/mol. The maximum atomic E-state index is 12.8. The molecule has 34 heavy (non-hydrogen) atoms. The van der Waals surface area contributed by atoms with Crippen molar-refractivity contribution in [3.8, 4) is 0 Å². The Balaban J connectivity index is 1.61. The summed E-state index contributed by atoms with van der Waals surface area (Å²) in [6.07, 6.45) is 12.4. The van der Waals surface area contributed by atoms with Gasteiger partial charge in [0.05, 0.1) is 11.5 Å². The van der Waals surface area contributed by atoms with Crippen molar-refractivity contribution in [3.63, 3.8) is 0 Å². The highest BCUT2D eigenvalue weighted by Crippen LogP contribution is 2.75. The molecule has 5 aliphatic carbocycles. The number of hydrogen-bond donors (Lipinski definition) is 1. The van der Waals surface area contributed by atoms with Crippen molar-refractivity contribution in [1.82, 2.24) is 0 Å². The van der Waals surface area contributed by atoms with Gasteiger partial charge in [-0.15, -0.1) is 0 Å². The molecule has 5 aliphatic rings. The summed E-state index contributed by atoms with van der Waals surface area (Å²) >= 11 is 0. The summed E-state index contributed by atoms with van der Waals surface area (Å²) in [5.74, 6) is 0.728. The first kappa shape index (κ1) is 24.5. The van der Waals surface area contributed by atoms with Crippen molar-refractivity contribution < 1.29 is 9.90 Å². The van der Waals surface area contributed by atoms with E-state index >= 15 is 0 Å². The van der Waals surface area contributed by atoms with Gasteiger partial charge in [-0.1, -0.05) is 65.3 Å². The van der Waals surface area contributed by atoms with Gasteiger partial charge in [0.25, 0.3) is 0 Å². The molecule has 0 spiro atoms. The molecule has 0 aromatic heterocycles. The topological polar surface area (TPSA) is 66.7 Å². The van der Waals surface area contributed by atoms with Crippen molar-refractivity contribution >= 4 is 5.97 Å². The summed E-state index contributed by atoms with van der Waals surface area (Å²) < 4.78 is 0. The quantitative estimate of drug-likeness (QED) is 0.329. The van der Waals surface area contributed by atoms with E-state index in [1.54, 1.807) is 0 Å². The predicted octanol–water partition coefficient (Wildman–Crippen LogP) is 8.01. The van der Waals surface area contributed by atoms with Gasteiger partial charge in [0.1, 0.15) is 0 Å². The Morgan fingerprint density at radius 2 is 1.59 bits per heavy atom. The smallest absolute Gasteiger partial charge is 0.310 e. The van der Waals surface area contributed by atoms with Crippen LogP contribution < -0.4 is 0 Å². The summed E-state index contributed by atoms with van der Waals surface area (Å²) in [5.41, 5.74) is 1.50. The van der Waals surface area contributed by atoms with Crippen LogP contribution in [-0.2, 0) is 4.79 Å². The van der Waals surface area contributed by atoms with Crippen LogP contribution in [0.5, 0.6) is 0 Å². The number of carboxylic acid groups (broad SMARTS) is 1. The largest absolute Gasteiger partial charge is 0.481 e. The molecule has 0 aromatic rings. The number of carboxylic acids is 1. The van der Waals surface area contributed by atoms with E-state index in [2.05, 4.69) is 59.7 Å². The summed E-state index contributed by atoms with van der Waals surface area (Å²) in [7, 11) is 0. The summed E-state index contributed by atoms with van der Waals surface area (Å²) in [6.45, 7) is 16.9. The number of nitrogens with zero attached hydrogens (tertiary/aromatic N) is 1. The molecule has 0 bridgehead atoms. The standard InChI is InChI=1S/C30H47NO3/c1-25(2)12-14-30(24(32)33)15-13-28(6)20(21(30)18-25)8-9-23-27(5)17-19(31-34)16-26(3,4)22(27)10-11-29(23,28)7/h8,19,21-23H,9-18H2,1-7H3,(H,32,33). The number of allylic oxidation sites excluding steroid dienone is 2. The van der Waals surface area contributed by atoms with Gasteiger partial charge in [-0.2, -0.15) is 4.91 Å². The fourth-order valence-corrected chi connectivity index (χ4v) is 11.0. The third-order valence-corrected chi connectivity index (χ3v) is 12.9. The lowest BCUT2D eigenvalue weighted by Gasteiger charge is -2.71. The average molecular weight is 470 g/mol. The molecule has 4 fully saturated rings. The van der Waals surface area contributed by atoms with Crippen molar-refractivity contribution in [2.75, 3.05) is 0 Å². The van der Waals surface area contributed by atoms with Crippen LogP contribution in [0.2, 0.25) is 0 Å². The molecule has 0 aromatic carbocycles. The number of rotatable bonds is 2. The Hall–Kier alpha value is -1.19. The van der Waals surface area contributed by atoms with E-state index in [4.69, 9.17) is 0 Å². The summed E-state index contributed by atoms with van der Waals surface area (Å²) in [4.78, 5) is 24.6. The lowest BCUT2D eigenvalue weighted by molar-refractivity contribution is -0.189. The number of fused-ring (bicyclic) bond motifs is 7. The van der Waals surface area contributed by atoms with E-state index in [1.807, 2.05) is 0 Å². The fraction of sp³-hybridized carbons (Fsp3) is 0.900. The SMILES string of the molecule is CC1(C)CCC2(C(=O)O)CCC3(C)C(=CCC4C5(C)CC(N=O)CC(C)(C)C5CCC43C)C2C1. The van der Waals surface area contributed by atoms with Crippen LogP contribution in [0, 0.1) is 55.2 Å². The Morgan fingerprint density at radius 3 is 2.24 bits per heavy atom. The molecule has 4 nitrogen and oxygen atoms in total. The number of hydrogen-bond acceptors (Lipinski definition) is 3. The van der Waals surface area contributed by atoms with E-state index in [-0.39, 0.29) is 39.0 Å². The van der Waals surface area contributed by atoms with Crippen molar-refractivity contribution in [3.05, 3.63) is 16.6 Å². The molecule has 8 unspecified atom stereocenters. The van der Waals surface area contributed by atoms with Gasteiger partial charge in [-0.3, -0.25) is 4.79 Å². The zero-order chi connectivity index (χ0) is 24.9. The maximum absolute atomic E-state index is 12.8. The van der Waals surface area contributed by atoms with Gasteiger partial charge < -0.3 is 5.11 Å². The summed E-state index contributed by atoms with van der Waals surface area (Å²) in [6, 6.07) is -0.0815. The monoisotopic (exact) mass is 469 g/mol. The molecule has 5 rings (SSSR count). The van der Waals surface area contributed by atoms with Crippen molar-refractivity contribution in [2.45, 2.75) is 119 Å². The number of carbonyl (C=O) groups is 1. The van der Waals surface area contributed by atoms with Crippen LogP contribution in [0.15, 0.2) is 16.8 Å². The minimum atomic E-state index is -0.579. The Labute approximate surface area is 206 Å². The second-order valence-corrected chi connectivity index (χ2v) is 15.3. The molecule has 0 amide bonds. The third-order valence-electron chi connectivity index (χ3n) is 12.9. The molecule has 0 heterocycles. The highest BCUT2D eigenvalue weighted by Gasteiger charge is 2.69. The number of nitroso groups, excluding NO2 is 1. The molecule has 4 heteroatoms. The first-order chi connectivity index (χ1) is 15.7. The molecule has 4 saturated carbocycles. The van der Waals surface area contributed by atoms with E-state index in [1.165, 1.54) is 18.4 Å². The van der Waals surface area contributed by atoms with E-state index in [0.717, 1.165) is 51.4 Å². The highest BCUT2D eigenvalue weighted by atomic mass is 16.4. The zero-order valence-corrected chi connectivity index (χ0v) is 22.7. The second-order valence-electron chi connectivity index (χ2n) is 15.3. The first-order valence-corrected chi connectivity index (χ1v) is 13.9. The lowest BCUT2D eigenvalue weighted by Crippen LogP contribution is -2.64. The molecule has 0 radical (unpaired) electrons. The van der Waals surface area contributed by atoms with Crippen molar-refractivity contribution in [2.24, 2.45) is 55.4 Å². The van der Waals surface area contributed by atoms with Crippen LogP contribution in [0.1, 0.15) is 113 Å². The van der Waals surface area contributed by atoms with Gasteiger partial charge in [-0.25, -0.2) is 0 Å². The molecule has 0 aliphatic heterocycles. The lowest BCUT2D eigenvalue weighted by atomic mass is 9.33.